The Kier molecular flexibility index (Phi) is 3.45. The highest BCUT2D eigenvalue weighted by atomic mass is 16.5. The molecule has 0 spiro atoms. The molecule has 24 heavy (non-hydrogen) atoms. The Morgan fingerprint density at radius 3 is 2.75 bits per heavy atom. The Morgan fingerprint density at radius 1 is 1.12 bits per heavy atom. The molecular formula is C18H19N5O. The van der Waals surface area contributed by atoms with Crippen LogP contribution in [0.1, 0.15) is 24.1 Å². The largest absolute Gasteiger partial charge is 0.360 e. The van der Waals surface area contributed by atoms with E-state index < -0.39 is 0 Å². The third kappa shape index (κ3) is 2.60. The summed E-state index contributed by atoms with van der Waals surface area (Å²) in [5, 5.41) is 7.14. The Bertz CT molecular complexity index is 889. The third-order valence-corrected chi connectivity index (χ3v) is 4.16. The van der Waals surface area contributed by atoms with E-state index in [1.807, 2.05) is 26.0 Å². The Morgan fingerprint density at radius 2 is 1.96 bits per heavy atom. The minimum atomic E-state index is 0.360. The van der Waals surface area contributed by atoms with Gasteiger partial charge in [-0.1, -0.05) is 23.4 Å². The maximum atomic E-state index is 5.09. The first-order chi connectivity index (χ1) is 11.6. The number of para-hydroxylation sites is 1. The summed E-state index contributed by atoms with van der Waals surface area (Å²) in [5.74, 6) is 3.72. The number of hydrogen-bond acceptors (Lipinski definition) is 6. The molecule has 1 aliphatic rings. The maximum Gasteiger partial charge on any atom is 0.175 e. The van der Waals surface area contributed by atoms with Gasteiger partial charge in [0.15, 0.2) is 5.82 Å². The topological polar surface area (TPSA) is 67.1 Å². The van der Waals surface area contributed by atoms with Crippen molar-refractivity contribution in [2.24, 2.45) is 0 Å². The molecule has 4 rings (SSSR count). The fourth-order valence-corrected chi connectivity index (χ4v) is 3.21. The zero-order valence-corrected chi connectivity index (χ0v) is 13.9. The Labute approximate surface area is 140 Å². The third-order valence-electron chi connectivity index (χ3n) is 4.16. The molecule has 0 fully saturated rings. The molecular weight excluding hydrogens is 302 g/mol. The van der Waals surface area contributed by atoms with E-state index in [4.69, 9.17) is 4.52 Å². The van der Waals surface area contributed by atoms with E-state index in [9.17, 15) is 0 Å². The van der Waals surface area contributed by atoms with Crippen molar-refractivity contribution in [3.8, 4) is 0 Å². The lowest BCUT2D eigenvalue weighted by Gasteiger charge is -2.24. The summed E-state index contributed by atoms with van der Waals surface area (Å²) in [5.41, 5.74) is 2.56. The van der Waals surface area contributed by atoms with Crippen LogP contribution in [0.15, 0.2) is 40.9 Å². The predicted molar refractivity (Wildman–Crippen MR) is 93.0 cm³/mol. The minimum Gasteiger partial charge on any atom is -0.360 e. The van der Waals surface area contributed by atoms with Crippen LogP contribution in [0.2, 0.25) is 0 Å². The van der Waals surface area contributed by atoms with Crippen LogP contribution in [0.4, 0.5) is 23.1 Å². The van der Waals surface area contributed by atoms with Crippen molar-refractivity contribution < 1.29 is 4.52 Å². The van der Waals surface area contributed by atoms with Crippen LogP contribution in [0, 0.1) is 13.8 Å². The second-order valence-corrected chi connectivity index (χ2v) is 6.16. The zero-order chi connectivity index (χ0) is 16.7. The van der Waals surface area contributed by atoms with Crippen molar-refractivity contribution in [2.45, 2.75) is 33.2 Å². The lowest BCUT2D eigenvalue weighted by atomic mass is 10.1. The van der Waals surface area contributed by atoms with Crippen LogP contribution in [0.5, 0.6) is 0 Å². The van der Waals surface area contributed by atoms with Crippen LogP contribution < -0.4 is 10.2 Å². The fraction of sp³-hybridized carbons (Fsp3) is 0.278. The van der Waals surface area contributed by atoms with Gasteiger partial charge in [0.25, 0.3) is 0 Å². The van der Waals surface area contributed by atoms with Crippen molar-refractivity contribution in [2.75, 3.05) is 10.2 Å². The van der Waals surface area contributed by atoms with Gasteiger partial charge in [0, 0.05) is 23.9 Å². The molecule has 1 aromatic carbocycles. The van der Waals surface area contributed by atoms with Gasteiger partial charge in [0.1, 0.15) is 23.2 Å². The van der Waals surface area contributed by atoms with Crippen molar-refractivity contribution in [3.05, 3.63) is 53.5 Å². The molecule has 1 unspecified atom stereocenters. The molecule has 0 bridgehead atoms. The molecule has 3 heterocycles. The van der Waals surface area contributed by atoms with E-state index in [0.717, 1.165) is 18.0 Å². The highest BCUT2D eigenvalue weighted by Gasteiger charge is 2.28. The fourth-order valence-electron chi connectivity index (χ4n) is 3.21. The molecule has 1 N–H and O–H groups in total. The first-order valence-corrected chi connectivity index (χ1v) is 8.03. The highest BCUT2D eigenvalue weighted by molar-refractivity contribution is 5.70. The molecule has 0 saturated heterocycles. The van der Waals surface area contributed by atoms with Gasteiger partial charge in [0.2, 0.25) is 0 Å². The molecule has 3 aromatic rings. The van der Waals surface area contributed by atoms with Gasteiger partial charge in [-0.3, -0.25) is 0 Å². The summed E-state index contributed by atoms with van der Waals surface area (Å²) < 4.78 is 5.09. The summed E-state index contributed by atoms with van der Waals surface area (Å²) in [7, 11) is 0. The van der Waals surface area contributed by atoms with Gasteiger partial charge in [-0.25, -0.2) is 9.97 Å². The first-order valence-electron chi connectivity index (χ1n) is 8.03. The Hall–Kier alpha value is -2.89. The molecule has 122 valence electrons. The quantitative estimate of drug-likeness (QED) is 0.789. The standard InChI is InChI=1S/C18H19N5O/c1-11-8-14-6-4-5-7-15(14)23(11)18-10-16(19-13(3)20-18)21-17-9-12(2)24-22-17/h4-7,9-11H,8H2,1-3H3,(H,19,20,21,22). The summed E-state index contributed by atoms with van der Waals surface area (Å²) in [6, 6.07) is 12.6. The van der Waals surface area contributed by atoms with Crippen molar-refractivity contribution in [3.63, 3.8) is 0 Å². The molecule has 6 heteroatoms. The van der Waals surface area contributed by atoms with Gasteiger partial charge >= 0.3 is 0 Å². The van der Waals surface area contributed by atoms with Gasteiger partial charge in [-0.2, -0.15) is 0 Å². The number of nitrogens with one attached hydrogen (secondary N) is 1. The number of aromatic nitrogens is 3. The van der Waals surface area contributed by atoms with Gasteiger partial charge in [-0.15, -0.1) is 0 Å². The maximum absolute atomic E-state index is 5.09. The van der Waals surface area contributed by atoms with Crippen molar-refractivity contribution in [1.82, 2.24) is 15.1 Å². The van der Waals surface area contributed by atoms with Crippen LogP contribution >= 0.6 is 0 Å². The average molecular weight is 321 g/mol. The first kappa shape index (κ1) is 14.7. The molecule has 2 aromatic heterocycles. The SMILES string of the molecule is Cc1nc(Nc2cc(C)on2)cc(N2c3ccccc3CC2C)n1. The van der Waals surface area contributed by atoms with Crippen molar-refractivity contribution >= 4 is 23.1 Å². The van der Waals surface area contributed by atoms with E-state index in [1.54, 1.807) is 0 Å². The van der Waals surface area contributed by atoms with E-state index >= 15 is 0 Å². The molecule has 0 radical (unpaired) electrons. The molecule has 1 aliphatic heterocycles. The Balaban J connectivity index is 1.71. The number of nitrogens with zero attached hydrogens (tertiary/aromatic N) is 4. The predicted octanol–water partition coefficient (Wildman–Crippen LogP) is 3.91. The second kappa shape index (κ2) is 5.63. The number of anilines is 4. The van der Waals surface area contributed by atoms with Crippen LogP contribution in [0.3, 0.4) is 0 Å². The highest BCUT2D eigenvalue weighted by Crippen LogP contribution is 2.37. The van der Waals surface area contributed by atoms with E-state index in [0.29, 0.717) is 23.5 Å². The lowest BCUT2D eigenvalue weighted by molar-refractivity contribution is 0.400. The van der Waals surface area contributed by atoms with Gasteiger partial charge in [0.05, 0.1) is 0 Å². The summed E-state index contributed by atoms with van der Waals surface area (Å²) in [6.45, 7) is 5.97. The lowest BCUT2D eigenvalue weighted by Crippen LogP contribution is -2.25. The average Bonchev–Trinajstić information content (AvgIpc) is 3.08. The molecule has 0 amide bonds. The van der Waals surface area contributed by atoms with Crippen molar-refractivity contribution in [1.29, 1.82) is 0 Å². The summed E-state index contributed by atoms with van der Waals surface area (Å²) in [6.07, 6.45) is 1.02. The van der Waals surface area contributed by atoms with E-state index in [1.165, 1.54) is 11.3 Å². The number of rotatable bonds is 3. The smallest absolute Gasteiger partial charge is 0.175 e. The van der Waals surface area contributed by atoms with E-state index in [-0.39, 0.29) is 0 Å². The van der Waals surface area contributed by atoms with Crippen LogP contribution in [-0.4, -0.2) is 21.2 Å². The number of aryl methyl sites for hydroxylation is 2. The number of benzene rings is 1. The number of hydrogen-bond donors (Lipinski definition) is 1. The zero-order valence-electron chi connectivity index (χ0n) is 13.9. The van der Waals surface area contributed by atoms with E-state index in [2.05, 4.69) is 56.5 Å². The summed E-state index contributed by atoms with van der Waals surface area (Å²) in [4.78, 5) is 11.4. The van der Waals surface area contributed by atoms with Gasteiger partial charge < -0.3 is 14.7 Å². The molecule has 6 nitrogen and oxygen atoms in total. The normalized spacial score (nSPS) is 16.3. The molecule has 0 aliphatic carbocycles. The molecule has 1 atom stereocenters. The summed E-state index contributed by atoms with van der Waals surface area (Å²) >= 11 is 0. The monoisotopic (exact) mass is 321 g/mol. The van der Waals surface area contributed by atoms with Crippen LogP contribution in [-0.2, 0) is 6.42 Å². The number of fused-ring (bicyclic) bond motifs is 1. The van der Waals surface area contributed by atoms with Gasteiger partial charge in [-0.05, 0) is 38.8 Å². The molecule has 0 saturated carbocycles. The second-order valence-electron chi connectivity index (χ2n) is 6.16. The minimum absolute atomic E-state index is 0.360. The van der Waals surface area contributed by atoms with Crippen LogP contribution in [0.25, 0.3) is 0 Å².